The predicted molar refractivity (Wildman–Crippen MR) is 34.1 cm³/mol. The highest BCUT2D eigenvalue weighted by molar-refractivity contribution is 5.05. The summed E-state index contributed by atoms with van der Waals surface area (Å²) < 4.78 is 4.55. The van der Waals surface area contributed by atoms with Crippen LogP contribution in [-0.2, 0) is 4.74 Å². The van der Waals surface area contributed by atoms with Crippen molar-refractivity contribution in [2.24, 2.45) is 0 Å². The topological polar surface area (TPSA) is 49.7 Å². The summed E-state index contributed by atoms with van der Waals surface area (Å²) in [6, 6.07) is 0. The monoisotopic (exact) mass is 130 g/mol. The number of rotatable bonds is 3. The molecular formula is C6H10O3. The Balaban J connectivity index is 3.69. The lowest BCUT2D eigenvalue weighted by molar-refractivity contribution is 0.101. The second-order valence-corrected chi connectivity index (χ2v) is 1.41. The van der Waals surface area contributed by atoms with Crippen LogP contribution in [0.2, 0.25) is 0 Å². The van der Waals surface area contributed by atoms with Crippen molar-refractivity contribution in [3.05, 3.63) is 24.4 Å². The van der Waals surface area contributed by atoms with Crippen molar-refractivity contribution in [2.75, 3.05) is 6.61 Å². The number of aliphatic hydroxyl groups is 2. The van der Waals surface area contributed by atoms with Crippen molar-refractivity contribution in [3.63, 3.8) is 0 Å². The highest BCUT2D eigenvalue weighted by Crippen LogP contribution is 1.94. The van der Waals surface area contributed by atoms with Crippen LogP contribution in [0.3, 0.4) is 0 Å². The fourth-order valence-electron chi connectivity index (χ4n) is 0.332. The third-order valence-corrected chi connectivity index (χ3v) is 0.582. The van der Waals surface area contributed by atoms with Gasteiger partial charge in [0.25, 0.3) is 5.95 Å². The second-order valence-electron chi connectivity index (χ2n) is 1.41. The summed E-state index contributed by atoms with van der Waals surface area (Å²) in [7, 11) is 0. The molecule has 3 heteroatoms. The van der Waals surface area contributed by atoms with Gasteiger partial charge in [0.1, 0.15) is 5.76 Å². The first-order chi connectivity index (χ1) is 4.16. The van der Waals surface area contributed by atoms with E-state index in [-0.39, 0.29) is 11.7 Å². The number of hydrogen-bond donors (Lipinski definition) is 2. The van der Waals surface area contributed by atoms with Gasteiger partial charge in [-0.3, -0.25) is 0 Å². The molecule has 0 aromatic rings. The largest absolute Gasteiger partial charge is 0.508 e. The molecule has 2 N–H and O–H groups in total. The third-order valence-electron chi connectivity index (χ3n) is 0.582. The van der Waals surface area contributed by atoms with Crippen molar-refractivity contribution < 1.29 is 14.9 Å². The molecule has 0 heterocycles. The molecule has 0 saturated carbocycles. The molecule has 0 aromatic carbocycles. The normalized spacial score (nSPS) is 11.0. The highest BCUT2D eigenvalue weighted by atomic mass is 16.6. The quantitative estimate of drug-likeness (QED) is 0.449. The lowest BCUT2D eigenvalue weighted by Crippen LogP contribution is -1.89. The van der Waals surface area contributed by atoms with Crippen molar-refractivity contribution in [1.29, 1.82) is 0 Å². The average molecular weight is 130 g/mol. The SMILES string of the molecule is C=C(O)/C=C(/O)OCC. The lowest BCUT2D eigenvalue weighted by Gasteiger charge is -1.97. The van der Waals surface area contributed by atoms with Crippen molar-refractivity contribution in [3.8, 4) is 0 Å². The zero-order valence-corrected chi connectivity index (χ0v) is 5.29. The Morgan fingerprint density at radius 1 is 1.67 bits per heavy atom. The molecule has 0 bridgehead atoms. The Bertz CT molecular complexity index is 126. The van der Waals surface area contributed by atoms with E-state index in [0.29, 0.717) is 6.61 Å². The molecule has 52 valence electrons. The van der Waals surface area contributed by atoms with Crippen molar-refractivity contribution >= 4 is 0 Å². The molecule has 9 heavy (non-hydrogen) atoms. The first-order valence-electron chi connectivity index (χ1n) is 2.58. The third kappa shape index (κ3) is 4.74. The first kappa shape index (κ1) is 7.88. The minimum atomic E-state index is -0.315. The first-order valence-corrected chi connectivity index (χ1v) is 2.58. The number of hydrogen-bond acceptors (Lipinski definition) is 3. The van der Waals surface area contributed by atoms with Gasteiger partial charge in [-0.15, -0.1) is 0 Å². The molecule has 0 aliphatic rings. The number of aliphatic hydroxyl groups excluding tert-OH is 2. The van der Waals surface area contributed by atoms with Gasteiger partial charge in [-0.1, -0.05) is 6.58 Å². The minimum absolute atomic E-state index is 0.221. The Morgan fingerprint density at radius 3 is 2.56 bits per heavy atom. The zero-order chi connectivity index (χ0) is 7.28. The van der Waals surface area contributed by atoms with Gasteiger partial charge >= 0.3 is 0 Å². The van der Waals surface area contributed by atoms with E-state index in [0.717, 1.165) is 6.08 Å². The summed E-state index contributed by atoms with van der Waals surface area (Å²) in [5.74, 6) is -0.536. The van der Waals surface area contributed by atoms with Gasteiger partial charge in [0, 0.05) is 0 Å². The van der Waals surface area contributed by atoms with Crippen LogP contribution < -0.4 is 0 Å². The van der Waals surface area contributed by atoms with Crippen LogP contribution in [-0.4, -0.2) is 16.8 Å². The lowest BCUT2D eigenvalue weighted by atomic mass is 10.5. The van der Waals surface area contributed by atoms with Gasteiger partial charge in [0.2, 0.25) is 0 Å². The summed E-state index contributed by atoms with van der Waals surface area (Å²) in [4.78, 5) is 0. The minimum Gasteiger partial charge on any atom is -0.508 e. The Labute approximate surface area is 53.9 Å². The standard InChI is InChI=1S/C6H10O3/c1-3-9-6(8)4-5(2)7/h4,7-8H,2-3H2,1H3/b6-4-. The second kappa shape index (κ2) is 3.83. The van der Waals surface area contributed by atoms with Gasteiger partial charge in [0.15, 0.2) is 0 Å². The van der Waals surface area contributed by atoms with Gasteiger partial charge in [-0.25, -0.2) is 0 Å². The summed E-state index contributed by atoms with van der Waals surface area (Å²) in [5, 5.41) is 17.1. The van der Waals surface area contributed by atoms with Gasteiger partial charge < -0.3 is 14.9 Å². The fraction of sp³-hybridized carbons (Fsp3) is 0.333. The van der Waals surface area contributed by atoms with Crippen molar-refractivity contribution in [1.82, 2.24) is 0 Å². The van der Waals surface area contributed by atoms with E-state index in [4.69, 9.17) is 10.2 Å². The van der Waals surface area contributed by atoms with Crippen LogP contribution in [0.4, 0.5) is 0 Å². The van der Waals surface area contributed by atoms with E-state index in [1.807, 2.05) is 0 Å². The summed E-state index contributed by atoms with van der Waals surface area (Å²) >= 11 is 0. The number of ether oxygens (including phenoxy) is 1. The fourth-order valence-corrected chi connectivity index (χ4v) is 0.332. The van der Waals surface area contributed by atoms with Crippen LogP contribution in [0.1, 0.15) is 6.92 Å². The van der Waals surface area contributed by atoms with E-state index >= 15 is 0 Å². The van der Waals surface area contributed by atoms with Crippen LogP contribution >= 0.6 is 0 Å². The average Bonchev–Trinajstić information content (AvgIpc) is 1.63. The molecule has 0 spiro atoms. The predicted octanol–water partition coefficient (Wildman–Crippen LogP) is 1.49. The molecule has 0 radical (unpaired) electrons. The molecular weight excluding hydrogens is 120 g/mol. The van der Waals surface area contributed by atoms with E-state index in [2.05, 4.69) is 11.3 Å². The molecule has 0 aliphatic heterocycles. The van der Waals surface area contributed by atoms with Crippen molar-refractivity contribution in [2.45, 2.75) is 6.92 Å². The van der Waals surface area contributed by atoms with E-state index in [1.165, 1.54) is 0 Å². The highest BCUT2D eigenvalue weighted by Gasteiger charge is 1.89. The van der Waals surface area contributed by atoms with Crippen LogP contribution in [0.15, 0.2) is 24.4 Å². The van der Waals surface area contributed by atoms with Gasteiger partial charge in [0.05, 0.1) is 12.7 Å². The van der Waals surface area contributed by atoms with Gasteiger partial charge in [-0.05, 0) is 6.92 Å². The summed E-state index contributed by atoms with van der Waals surface area (Å²) in [6.07, 6.45) is 1.03. The maximum atomic E-state index is 8.64. The van der Waals surface area contributed by atoms with Crippen LogP contribution in [0.5, 0.6) is 0 Å². The molecule has 0 rings (SSSR count). The Hall–Kier alpha value is -1.12. The number of allylic oxidation sites excluding steroid dienone is 1. The van der Waals surface area contributed by atoms with E-state index in [9.17, 15) is 0 Å². The van der Waals surface area contributed by atoms with Crippen LogP contribution in [0, 0.1) is 0 Å². The van der Waals surface area contributed by atoms with E-state index < -0.39 is 0 Å². The smallest absolute Gasteiger partial charge is 0.280 e. The zero-order valence-electron chi connectivity index (χ0n) is 5.29. The maximum absolute atomic E-state index is 8.64. The molecule has 0 unspecified atom stereocenters. The Kier molecular flexibility index (Phi) is 3.35. The summed E-state index contributed by atoms with van der Waals surface area (Å²) in [5.41, 5.74) is 0. The maximum Gasteiger partial charge on any atom is 0.280 e. The summed E-state index contributed by atoms with van der Waals surface area (Å²) in [6.45, 7) is 5.21. The molecule has 0 aromatic heterocycles. The molecule has 0 saturated heterocycles. The molecule has 3 nitrogen and oxygen atoms in total. The van der Waals surface area contributed by atoms with Crippen LogP contribution in [0.25, 0.3) is 0 Å². The van der Waals surface area contributed by atoms with Gasteiger partial charge in [-0.2, -0.15) is 0 Å². The molecule has 0 fully saturated rings. The molecule has 0 aliphatic carbocycles. The molecule has 0 amide bonds. The Morgan fingerprint density at radius 2 is 2.22 bits per heavy atom. The van der Waals surface area contributed by atoms with E-state index in [1.54, 1.807) is 6.92 Å². The molecule has 0 atom stereocenters.